The van der Waals surface area contributed by atoms with Gasteiger partial charge in [0.2, 0.25) is 0 Å². The summed E-state index contributed by atoms with van der Waals surface area (Å²) >= 11 is 7.58. The van der Waals surface area contributed by atoms with Gasteiger partial charge in [-0.05, 0) is 29.7 Å². The van der Waals surface area contributed by atoms with E-state index in [-0.39, 0.29) is 5.56 Å². The number of aliphatic hydroxyl groups excluding tert-OH is 1. The van der Waals surface area contributed by atoms with Crippen molar-refractivity contribution < 1.29 is 9.84 Å². The maximum Gasteiger partial charge on any atom is 0.260 e. The molecule has 0 radical (unpaired) electrons. The quantitative estimate of drug-likeness (QED) is 0.314. The molecule has 172 valence electrons. The van der Waals surface area contributed by atoms with Crippen LogP contribution in [-0.4, -0.2) is 46.8 Å². The molecular formula is C25H26ClN3O3S. The van der Waals surface area contributed by atoms with Gasteiger partial charge in [-0.3, -0.25) is 9.69 Å². The molecule has 2 aromatic carbocycles. The summed E-state index contributed by atoms with van der Waals surface area (Å²) in [6, 6.07) is 17.0. The lowest BCUT2D eigenvalue weighted by molar-refractivity contribution is 0.0981. The molecule has 0 unspecified atom stereocenters. The summed E-state index contributed by atoms with van der Waals surface area (Å²) < 4.78 is 5.19. The fourth-order valence-electron chi connectivity index (χ4n) is 3.84. The molecule has 8 heteroatoms. The Bertz CT molecular complexity index is 1260. The molecule has 0 bridgehead atoms. The van der Waals surface area contributed by atoms with Crippen molar-refractivity contribution in [2.75, 3.05) is 26.8 Å². The molecule has 2 N–H and O–H groups in total. The van der Waals surface area contributed by atoms with Crippen molar-refractivity contribution in [3.63, 3.8) is 0 Å². The Labute approximate surface area is 201 Å². The van der Waals surface area contributed by atoms with Crippen molar-refractivity contribution in [2.45, 2.75) is 19.1 Å². The van der Waals surface area contributed by atoms with E-state index in [1.807, 2.05) is 60.0 Å². The summed E-state index contributed by atoms with van der Waals surface area (Å²) in [7, 11) is 1.67. The van der Waals surface area contributed by atoms with Crippen LogP contribution < -0.4 is 5.56 Å². The van der Waals surface area contributed by atoms with Crippen molar-refractivity contribution in [3.8, 4) is 11.1 Å². The summed E-state index contributed by atoms with van der Waals surface area (Å²) in [5.41, 5.74) is 2.40. The molecule has 0 fully saturated rings. The molecule has 0 aliphatic heterocycles. The van der Waals surface area contributed by atoms with Gasteiger partial charge in [0.15, 0.2) is 0 Å². The van der Waals surface area contributed by atoms with Gasteiger partial charge < -0.3 is 14.8 Å². The van der Waals surface area contributed by atoms with Crippen LogP contribution in [0.25, 0.3) is 21.3 Å². The number of aliphatic hydroxyl groups is 1. The SMILES string of the molecule is COCCCN(Cc1nc2scc(-c3cccc(Cl)c3)c2c(=O)[nH]1)C[C@@H](O)c1ccccc1. The zero-order valence-corrected chi connectivity index (χ0v) is 19.9. The van der Waals surface area contributed by atoms with E-state index in [0.717, 1.165) is 23.1 Å². The molecule has 0 aliphatic rings. The molecule has 4 rings (SSSR count). The lowest BCUT2D eigenvalue weighted by Gasteiger charge is -2.24. The molecule has 0 saturated heterocycles. The number of nitrogens with zero attached hydrogens (tertiary/aromatic N) is 2. The maximum atomic E-state index is 13.0. The van der Waals surface area contributed by atoms with Crippen LogP contribution >= 0.6 is 22.9 Å². The third-order valence-electron chi connectivity index (χ3n) is 5.44. The van der Waals surface area contributed by atoms with Crippen molar-refractivity contribution in [1.29, 1.82) is 0 Å². The molecule has 0 saturated carbocycles. The molecule has 1 atom stereocenters. The van der Waals surface area contributed by atoms with E-state index in [0.29, 0.717) is 47.3 Å². The molecule has 6 nitrogen and oxygen atoms in total. The zero-order valence-electron chi connectivity index (χ0n) is 18.3. The second-order valence-corrected chi connectivity index (χ2v) is 9.15. The van der Waals surface area contributed by atoms with Crippen LogP contribution in [0, 0.1) is 0 Å². The minimum absolute atomic E-state index is 0.174. The Morgan fingerprint density at radius 2 is 2.03 bits per heavy atom. The number of fused-ring (bicyclic) bond motifs is 1. The van der Waals surface area contributed by atoms with Gasteiger partial charge in [0.1, 0.15) is 10.7 Å². The lowest BCUT2D eigenvalue weighted by atomic mass is 10.1. The first kappa shape index (κ1) is 23.6. The predicted octanol–water partition coefficient (Wildman–Crippen LogP) is 4.88. The molecule has 0 aliphatic carbocycles. The highest BCUT2D eigenvalue weighted by molar-refractivity contribution is 7.17. The summed E-state index contributed by atoms with van der Waals surface area (Å²) in [4.78, 5) is 23.5. The minimum atomic E-state index is -0.639. The van der Waals surface area contributed by atoms with Crippen molar-refractivity contribution >= 4 is 33.2 Å². The number of benzene rings is 2. The number of H-pyrrole nitrogens is 1. The Morgan fingerprint density at radius 1 is 1.21 bits per heavy atom. The van der Waals surface area contributed by atoms with E-state index in [1.165, 1.54) is 11.3 Å². The highest BCUT2D eigenvalue weighted by Crippen LogP contribution is 2.32. The Kier molecular flexibility index (Phi) is 7.90. The van der Waals surface area contributed by atoms with Crippen LogP contribution in [0.2, 0.25) is 5.02 Å². The third-order valence-corrected chi connectivity index (χ3v) is 6.55. The first-order valence-corrected chi connectivity index (χ1v) is 12.0. The van der Waals surface area contributed by atoms with E-state index in [2.05, 4.69) is 9.88 Å². The minimum Gasteiger partial charge on any atom is -0.387 e. The first-order valence-electron chi connectivity index (χ1n) is 10.8. The fourth-order valence-corrected chi connectivity index (χ4v) is 5.00. The summed E-state index contributed by atoms with van der Waals surface area (Å²) in [5, 5.41) is 13.9. The van der Waals surface area contributed by atoms with E-state index >= 15 is 0 Å². The lowest BCUT2D eigenvalue weighted by Crippen LogP contribution is -2.31. The molecular weight excluding hydrogens is 458 g/mol. The number of methoxy groups -OCH3 is 1. The number of aromatic amines is 1. The largest absolute Gasteiger partial charge is 0.387 e. The van der Waals surface area contributed by atoms with E-state index in [9.17, 15) is 9.90 Å². The monoisotopic (exact) mass is 483 g/mol. The molecule has 0 amide bonds. The van der Waals surface area contributed by atoms with Gasteiger partial charge in [-0.15, -0.1) is 11.3 Å². The topological polar surface area (TPSA) is 78.5 Å². The predicted molar refractivity (Wildman–Crippen MR) is 134 cm³/mol. The summed E-state index contributed by atoms with van der Waals surface area (Å²) in [6.45, 7) is 2.17. The molecule has 0 spiro atoms. The van der Waals surface area contributed by atoms with Crippen LogP contribution in [0.1, 0.15) is 23.9 Å². The second-order valence-electron chi connectivity index (χ2n) is 7.86. The molecule has 2 aromatic heterocycles. The number of thiophene rings is 1. The van der Waals surface area contributed by atoms with Gasteiger partial charge >= 0.3 is 0 Å². The number of rotatable bonds is 10. The van der Waals surface area contributed by atoms with Crippen LogP contribution in [0.15, 0.2) is 64.8 Å². The van der Waals surface area contributed by atoms with Gasteiger partial charge in [-0.2, -0.15) is 0 Å². The highest BCUT2D eigenvalue weighted by Gasteiger charge is 2.17. The smallest absolute Gasteiger partial charge is 0.260 e. The number of nitrogens with one attached hydrogen (secondary N) is 1. The highest BCUT2D eigenvalue weighted by atomic mass is 35.5. The van der Waals surface area contributed by atoms with E-state index < -0.39 is 6.10 Å². The summed E-state index contributed by atoms with van der Waals surface area (Å²) in [5.74, 6) is 0.574. The van der Waals surface area contributed by atoms with Crippen LogP contribution in [-0.2, 0) is 11.3 Å². The normalized spacial score (nSPS) is 12.5. The Morgan fingerprint density at radius 3 is 2.79 bits per heavy atom. The van der Waals surface area contributed by atoms with Gasteiger partial charge in [0, 0.05) is 42.8 Å². The van der Waals surface area contributed by atoms with Crippen LogP contribution in [0.3, 0.4) is 0 Å². The van der Waals surface area contributed by atoms with Gasteiger partial charge in [0.25, 0.3) is 5.56 Å². The van der Waals surface area contributed by atoms with Gasteiger partial charge in [-0.1, -0.05) is 54.1 Å². The Hall–Kier alpha value is -2.55. The molecule has 4 aromatic rings. The van der Waals surface area contributed by atoms with E-state index in [1.54, 1.807) is 7.11 Å². The fraction of sp³-hybridized carbons (Fsp3) is 0.280. The molecule has 2 heterocycles. The van der Waals surface area contributed by atoms with Crippen molar-refractivity contribution in [3.05, 3.63) is 86.7 Å². The number of aromatic nitrogens is 2. The van der Waals surface area contributed by atoms with Crippen molar-refractivity contribution in [1.82, 2.24) is 14.9 Å². The summed E-state index contributed by atoms with van der Waals surface area (Å²) in [6.07, 6.45) is 0.169. The maximum absolute atomic E-state index is 13.0. The molecule has 33 heavy (non-hydrogen) atoms. The third kappa shape index (κ3) is 5.88. The number of halogens is 1. The Balaban J connectivity index is 1.58. The zero-order chi connectivity index (χ0) is 23.2. The van der Waals surface area contributed by atoms with Gasteiger partial charge in [-0.25, -0.2) is 4.98 Å². The van der Waals surface area contributed by atoms with E-state index in [4.69, 9.17) is 21.3 Å². The average Bonchev–Trinajstić information content (AvgIpc) is 3.24. The van der Waals surface area contributed by atoms with Crippen LogP contribution in [0.5, 0.6) is 0 Å². The van der Waals surface area contributed by atoms with Crippen molar-refractivity contribution in [2.24, 2.45) is 0 Å². The number of hydrogen-bond acceptors (Lipinski definition) is 6. The number of hydrogen-bond donors (Lipinski definition) is 2. The average molecular weight is 484 g/mol. The van der Waals surface area contributed by atoms with Crippen LogP contribution in [0.4, 0.5) is 0 Å². The van der Waals surface area contributed by atoms with Gasteiger partial charge in [0.05, 0.1) is 18.0 Å². The first-order chi connectivity index (χ1) is 16.0. The second kappa shape index (κ2) is 11.0. The standard InChI is InChI=1S/C25H26ClN3O3S/c1-32-12-6-11-29(14-21(30)17-7-3-2-4-8-17)15-22-27-24(31)23-20(16-33-25(23)28-22)18-9-5-10-19(26)13-18/h2-5,7-10,13,16,21,30H,6,11-12,14-15H2,1H3,(H,27,28,31)/t21-/m1/s1. The number of ether oxygens (including phenoxy) is 1.